The highest BCUT2D eigenvalue weighted by Gasteiger charge is 2.30. The number of hydrogen-bond acceptors (Lipinski definition) is 6. The first-order valence-electron chi connectivity index (χ1n) is 7.54. The van der Waals surface area contributed by atoms with Crippen LogP contribution < -0.4 is 5.73 Å². The van der Waals surface area contributed by atoms with E-state index in [-0.39, 0.29) is 10.8 Å². The van der Waals surface area contributed by atoms with Crippen LogP contribution in [-0.2, 0) is 16.4 Å². The number of nitrogens with two attached hydrogens (primary N) is 1. The Morgan fingerprint density at radius 2 is 2.13 bits per heavy atom. The summed E-state index contributed by atoms with van der Waals surface area (Å²) in [5, 5.41) is 7.91. The van der Waals surface area contributed by atoms with Crippen LogP contribution in [0.25, 0.3) is 0 Å². The zero-order valence-electron chi connectivity index (χ0n) is 12.7. The van der Waals surface area contributed by atoms with Crippen molar-refractivity contribution >= 4 is 15.8 Å². The second-order valence-electron chi connectivity index (χ2n) is 5.71. The summed E-state index contributed by atoms with van der Waals surface area (Å²) in [4.78, 5) is 4.15. The second-order valence-corrected chi connectivity index (χ2v) is 7.65. The molecule has 1 aliphatic rings. The van der Waals surface area contributed by atoms with Crippen LogP contribution in [0.4, 0.5) is 5.82 Å². The van der Waals surface area contributed by atoms with E-state index in [0.29, 0.717) is 25.3 Å². The molecule has 23 heavy (non-hydrogen) atoms. The maximum absolute atomic E-state index is 12.7. The fourth-order valence-corrected chi connectivity index (χ4v) is 4.35. The summed E-state index contributed by atoms with van der Waals surface area (Å²) in [6, 6.07) is 6.78. The van der Waals surface area contributed by atoms with Crippen LogP contribution in [0.15, 0.2) is 41.6 Å². The van der Waals surface area contributed by atoms with Crippen molar-refractivity contribution in [3.05, 3.63) is 42.4 Å². The molecule has 0 aliphatic carbocycles. The molecule has 0 spiro atoms. The minimum Gasteiger partial charge on any atom is -0.382 e. The van der Waals surface area contributed by atoms with E-state index < -0.39 is 10.0 Å². The van der Waals surface area contributed by atoms with Gasteiger partial charge in [-0.3, -0.25) is 4.98 Å². The summed E-state index contributed by atoms with van der Waals surface area (Å²) in [7, 11) is -3.48. The average Bonchev–Trinajstić information content (AvgIpc) is 2.58. The van der Waals surface area contributed by atoms with Crippen LogP contribution in [0.2, 0.25) is 0 Å². The fourth-order valence-electron chi connectivity index (χ4n) is 2.84. The quantitative estimate of drug-likeness (QED) is 0.899. The van der Waals surface area contributed by atoms with Crippen molar-refractivity contribution in [2.45, 2.75) is 24.2 Å². The molecule has 1 fully saturated rings. The number of rotatable bonds is 4. The maximum Gasteiger partial charge on any atom is 0.244 e. The van der Waals surface area contributed by atoms with Crippen molar-refractivity contribution in [1.29, 1.82) is 0 Å². The molecule has 3 heterocycles. The lowest BCUT2D eigenvalue weighted by atomic mass is 9.94. The van der Waals surface area contributed by atoms with Gasteiger partial charge in [0.25, 0.3) is 0 Å². The summed E-state index contributed by atoms with van der Waals surface area (Å²) in [6.07, 6.45) is 5.48. The predicted octanol–water partition coefficient (Wildman–Crippen LogP) is 1.10. The molecular formula is C15H19N5O2S. The number of anilines is 1. The van der Waals surface area contributed by atoms with Gasteiger partial charge < -0.3 is 5.73 Å². The molecule has 0 radical (unpaired) electrons. The molecule has 1 atom stereocenters. The van der Waals surface area contributed by atoms with Crippen LogP contribution in [0.3, 0.4) is 0 Å². The van der Waals surface area contributed by atoms with Crippen molar-refractivity contribution < 1.29 is 8.42 Å². The van der Waals surface area contributed by atoms with Crippen LogP contribution in [0.5, 0.6) is 0 Å². The molecule has 0 aromatic carbocycles. The highest BCUT2D eigenvalue weighted by atomic mass is 32.2. The monoisotopic (exact) mass is 333 g/mol. The third kappa shape index (κ3) is 3.65. The third-order valence-electron chi connectivity index (χ3n) is 3.99. The lowest BCUT2D eigenvalue weighted by Gasteiger charge is -2.31. The Balaban J connectivity index is 1.72. The second kappa shape index (κ2) is 6.59. The van der Waals surface area contributed by atoms with Gasteiger partial charge in [0.1, 0.15) is 10.7 Å². The molecule has 2 aromatic rings. The molecule has 2 N–H and O–H groups in total. The molecule has 8 heteroatoms. The van der Waals surface area contributed by atoms with Gasteiger partial charge in [0.2, 0.25) is 10.0 Å². The van der Waals surface area contributed by atoms with Gasteiger partial charge in [-0.15, -0.1) is 5.10 Å². The molecule has 1 aliphatic heterocycles. The number of aromatic nitrogens is 3. The van der Waals surface area contributed by atoms with E-state index in [9.17, 15) is 8.42 Å². The topological polar surface area (TPSA) is 102 Å². The summed E-state index contributed by atoms with van der Waals surface area (Å²) < 4.78 is 26.9. The average molecular weight is 333 g/mol. The Morgan fingerprint density at radius 1 is 1.26 bits per heavy atom. The number of sulfonamides is 1. The van der Waals surface area contributed by atoms with E-state index in [1.54, 1.807) is 28.7 Å². The Kier molecular flexibility index (Phi) is 4.53. The Morgan fingerprint density at radius 3 is 2.83 bits per heavy atom. The minimum absolute atomic E-state index is 0.230. The lowest BCUT2D eigenvalue weighted by molar-refractivity contribution is 0.264. The number of hydrogen-bond donors (Lipinski definition) is 1. The zero-order valence-corrected chi connectivity index (χ0v) is 13.5. The van der Waals surface area contributed by atoms with Gasteiger partial charge in [0, 0.05) is 25.5 Å². The molecule has 0 amide bonds. The largest absolute Gasteiger partial charge is 0.382 e. The van der Waals surface area contributed by atoms with Gasteiger partial charge >= 0.3 is 0 Å². The summed E-state index contributed by atoms with van der Waals surface area (Å²) in [6.45, 7) is 1.03. The predicted molar refractivity (Wildman–Crippen MR) is 85.9 cm³/mol. The number of pyridine rings is 1. The van der Waals surface area contributed by atoms with E-state index in [0.717, 1.165) is 18.5 Å². The summed E-state index contributed by atoms with van der Waals surface area (Å²) >= 11 is 0. The van der Waals surface area contributed by atoms with E-state index in [1.165, 1.54) is 6.20 Å². The highest BCUT2D eigenvalue weighted by molar-refractivity contribution is 7.89. The molecule has 122 valence electrons. The van der Waals surface area contributed by atoms with Crippen LogP contribution in [-0.4, -0.2) is 41.0 Å². The zero-order chi connectivity index (χ0) is 16.3. The van der Waals surface area contributed by atoms with E-state index >= 15 is 0 Å². The fraction of sp³-hybridized carbons (Fsp3) is 0.400. The standard InChI is InChI=1S/C15H19N5O2S/c16-15-6-5-13(18-19-15)9-12-3-2-8-20(11-12)23(21,22)14-4-1-7-17-10-14/h1,4-7,10,12H,2-3,8-9,11H2,(H2,16,19)/t12-/m1/s1. The molecule has 0 saturated carbocycles. The highest BCUT2D eigenvalue weighted by Crippen LogP contribution is 2.25. The Labute approximate surface area is 135 Å². The first-order chi connectivity index (χ1) is 11.1. The molecule has 1 saturated heterocycles. The van der Waals surface area contributed by atoms with Crippen molar-refractivity contribution in [3.63, 3.8) is 0 Å². The van der Waals surface area contributed by atoms with E-state index in [2.05, 4.69) is 15.2 Å². The van der Waals surface area contributed by atoms with Crippen LogP contribution in [0.1, 0.15) is 18.5 Å². The Hall–Kier alpha value is -2.06. The third-order valence-corrected chi connectivity index (χ3v) is 5.84. The lowest BCUT2D eigenvalue weighted by Crippen LogP contribution is -2.40. The van der Waals surface area contributed by atoms with Gasteiger partial charge in [-0.1, -0.05) is 0 Å². The summed E-state index contributed by atoms with van der Waals surface area (Å²) in [5.41, 5.74) is 6.37. The van der Waals surface area contributed by atoms with Crippen LogP contribution >= 0.6 is 0 Å². The molecule has 7 nitrogen and oxygen atoms in total. The Bertz CT molecular complexity index is 749. The normalized spacial score (nSPS) is 19.6. The molecule has 3 rings (SSSR count). The van der Waals surface area contributed by atoms with Gasteiger partial charge in [0.05, 0.1) is 5.69 Å². The van der Waals surface area contributed by atoms with Crippen LogP contribution in [0, 0.1) is 5.92 Å². The van der Waals surface area contributed by atoms with Gasteiger partial charge in [-0.25, -0.2) is 8.42 Å². The van der Waals surface area contributed by atoms with Gasteiger partial charge in [-0.2, -0.15) is 9.40 Å². The SMILES string of the molecule is Nc1ccc(C[C@H]2CCCN(S(=O)(=O)c3cccnc3)C2)nn1. The van der Waals surface area contributed by atoms with E-state index in [4.69, 9.17) is 5.73 Å². The van der Waals surface area contributed by atoms with Crippen molar-refractivity contribution in [2.75, 3.05) is 18.8 Å². The molecule has 0 unspecified atom stereocenters. The van der Waals surface area contributed by atoms with Crippen molar-refractivity contribution in [1.82, 2.24) is 19.5 Å². The van der Waals surface area contributed by atoms with Gasteiger partial charge in [0.15, 0.2) is 0 Å². The first-order valence-corrected chi connectivity index (χ1v) is 8.98. The van der Waals surface area contributed by atoms with E-state index in [1.807, 2.05) is 6.07 Å². The van der Waals surface area contributed by atoms with Gasteiger partial charge in [-0.05, 0) is 49.4 Å². The summed E-state index contributed by atoms with van der Waals surface area (Å²) in [5.74, 6) is 0.617. The molecule has 2 aromatic heterocycles. The minimum atomic E-state index is -3.48. The first kappa shape index (κ1) is 15.8. The number of nitrogen functional groups attached to an aromatic ring is 1. The molecular weight excluding hydrogens is 314 g/mol. The molecule has 0 bridgehead atoms. The smallest absolute Gasteiger partial charge is 0.244 e. The number of nitrogens with zero attached hydrogens (tertiary/aromatic N) is 4. The maximum atomic E-state index is 12.7. The van der Waals surface area contributed by atoms with Crippen molar-refractivity contribution in [2.24, 2.45) is 5.92 Å². The number of piperidine rings is 1. The van der Waals surface area contributed by atoms with Crippen molar-refractivity contribution in [3.8, 4) is 0 Å².